The molecule has 1 saturated heterocycles. The normalized spacial score (nSPS) is 18.4. The van der Waals surface area contributed by atoms with Crippen molar-refractivity contribution < 1.29 is 33.5 Å². The lowest BCUT2D eigenvalue weighted by Gasteiger charge is -2.36. The number of phenolic OH excluding ortho intramolecular Hbond substituents is 1. The largest absolute Gasteiger partial charge is 0.508 e. The predicted molar refractivity (Wildman–Crippen MR) is 221 cm³/mol. The van der Waals surface area contributed by atoms with E-state index in [9.17, 15) is 19.3 Å². The number of ether oxygens (including phenoxy) is 3. The summed E-state index contributed by atoms with van der Waals surface area (Å²) in [5.41, 5.74) is 17.8. The minimum atomic E-state index is -3.78. The van der Waals surface area contributed by atoms with E-state index < -0.39 is 31.5 Å². The van der Waals surface area contributed by atoms with E-state index in [0.29, 0.717) is 63.1 Å². The fourth-order valence-electron chi connectivity index (χ4n) is 6.14. The molecule has 0 saturated carbocycles. The Morgan fingerprint density at radius 2 is 1.67 bits per heavy atom. The van der Waals surface area contributed by atoms with Crippen molar-refractivity contribution in [3.63, 3.8) is 0 Å². The van der Waals surface area contributed by atoms with Gasteiger partial charge in [-0.1, -0.05) is 51.8 Å². The Balaban J connectivity index is 0.00000227. The molecule has 0 radical (unpaired) electrons. The summed E-state index contributed by atoms with van der Waals surface area (Å²) in [6, 6.07) is 7.72. The first kappa shape index (κ1) is 48.8. The number of rotatable bonds is 18. The minimum Gasteiger partial charge on any atom is -0.508 e. The van der Waals surface area contributed by atoms with Gasteiger partial charge in [0.15, 0.2) is 6.35 Å². The van der Waals surface area contributed by atoms with E-state index in [2.05, 4.69) is 30.6 Å². The summed E-state index contributed by atoms with van der Waals surface area (Å²) < 4.78 is 32.1. The third kappa shape index (κ3) is 16.7. The predicted octanol–water partition coefficient (Wildman–Crippen LogP) is 8.16. The summed E-state index contributed by atoms with van der Waals surface area (Å²) in [4.78, 5) is 26.2. The molecule has 12 heteroatoms. The average molecular weight is 775 g/mol. The van der Waals surface area contributed by atoms with Crippen LogP contribution in [0, 0.1) is 19.8 Å². The summed E-state index contributed by atoms with van der Waals surface area (Å²) in [6.07, 6.45) is 2.35. The summed E-state index contributed by atoms with van der Waals surface area (Å²) in [5, 5.41) is 16.3. The van der Waals surface area contributed by atoms with Crippen LogP contribution in [0.4, 0.5) is 0 Å². The van der Waals surface area contributed by atoms with Crippen LogP contribution in [0.15, 0.2) is 42.5 Å². The topological polar surface area (TPSA) is 175 Å². The van der Waals surface area contributed by atoms with Crippen LogP contribution in [-0.4, -0.2) is 60.8 Å². The SMILES string of the molecule is C=C(C)C.CC.Cc1cc(OCP(=O)(NC(CCCCN)C(=O)OC(C)C)NC2CC(CCN)C(C)OC2=O)cc(C)c1Cc1ccc(O)c(C(C)C)c1. The molecule has 5 unspecified atom stereocenters. The van der Waals surface area contributed by atoms with Gasteiger partial charge in [-0.25, -0.2) is 10.2 Å². The zero-order valence-electron chi connectivity index (χ0n) is 34.9. The maximum absolute atomic E-state index is 14.7. The second kappa shape index (κ2) is 24.3. The zero-order chi connectivity index (χ0) is 41.2. The molecule has 54 heavy (non-hydrogen) atoms. The number of nitrogens with one attached hydrogen (secondary N) is 2. The first-order valence-corrected chi connectivity index (χ1v) is 21.4. The minimum absolute atomic E-state index is 0.00568. The first-order valence-electron chi connectivity index (χ1n) is 19.5. The Hall–Kier alpha value is -3.21. The van der Waals surface area contributed by atoms with E-state index in [1.165, 1.54) is 5.57 Å². The molecule has 2 aromatic carbocycles. The number of phenols is 1. The highest BCUT2D eigenvalue weighted by Crippen LogP contribution is 2.41. The highest BCUT2D eigenvalue weighted by Gasteiger charge is 2.41. The smallest absolute Gasteiger partial charge is 0.323 e. The summed E-state index contributed by atoms with van der Waals surface area (Å²) in [7, 11) is -3.78. The van der Waals surface area contributed by atoms with Crippen molar-refractivity contribution in [2.45, 2.75) is 145 Å². The fraction of sp³-hybridized carbons (Fsp3) is 0.619. The highest BCUT2D eigenvalue weighted by atomic mass is 31.2. The lowest BCUT2D eigenvalue weighted by atomic mass is 9.90. The number of hydrogen-bond acceptors (Lipinski definition) is 9. The number of cyclic esters (lactones) is 1. The van der Waals surface area contributed by atoms with Gasteiger partial charge in [-0.05, 0) is 152 Å². The number of esters is 2. The van der Waals surface area contributed by atoms with Crippen LogP contribution in [0.1, 0.15) is 128 Å². The summed E-state index contributed by atoms with van der Waals surface area (Å²) in [6.45, 7) is 25.8. The van der Waals surface area contributed by atoms with Gasteiger partial charge in [0.1, 0.15) is 29.7 Å². The number of allylic oxidation sites excluding steroid dienone is 1. The number of unbranched alkanes of at least 4 members (excludes halogenated alkanes) is 1. The van der Waals surface area contributed by atoms with E-state index in [1.54, 1.807) is 19.9 Å². The monoisotopic (exact) mass is 775 g/mol. The van der Waals surface area contributed by atoms with Gasteiger partial charge in [0.25, 0.3) is 0 Å². The average Bonchev–Trinajstić information content (AvgIpc) is 3.08. The second-order valence-electron chi connectivity index (χ2n) is 14.8. The van der Waals surface area contributed by atoms with Crippen LogP contribution in [0.2, 0.25) is 0 Å². The highest BCUT2D eigenvalue weighted by molar-refractivity contribution is 7.59. The Bertz CT molecular complexity index is 1500. The maximum Gasteiger partial charge on any atom is 0.323 e. The van der Waals surface area contributed by atoms with Gasteiger partial charge in [-0.2, -0.15) is 0 Å². The quantitative estimate of drug-likeness (QED) is 0.0428. The number of nitrogens with two attached hydrogens (primary N) is 2. The molecule has 306 valence electrons. The molecule has 0 aromatic heterocycles. The van der Waals surface area contributed by atoms with Crippen LogP contribution < -0.4 is 26.4 Å². The van der Waals surface area contributed by atoms with Crippen molar-refractivity contribution in [3.8, 4) is 11.5 Å². The van der Waals surface area contributed by atoms with Crippen molar-refractivity contribution in [3.05, 3.63) is 70.3 Å². The van der Waals surface area contributed by atoms with Gasteiger partial charge in [0.2, 0.25) is 7.44 Å². The molecule has 0 spiro atoms. The Kier molecular flexibility index (Phi) is 22.0. The molecule has 7 N–H and O–H groups in total. The van der Waals surface area contributed by atoms with E-state index >= 15 is 0 Å². The van der Waals surface area contributed by atoms with E-state index in [4.69, 9.17) is 25.7 Å². The van der Waals surface area contributed by atoms with E-state index in [-0.39, 0.29) is 30.4 Å². The van der Waals surface area contributed by atoms with Crippen molar-refractivity contribution in [1.29, 1.82) is 0 Å². The van der Waals surface area contributed by atoms with Crippen LogP contribution in [0.5, 0.6) is 11.5 Å². The molecule has 5 atom stereocenters. The fourth-order valence-corrected chi connectivity index (χ4v) is 8.15. The van der Waals surface area contributed by atoms with Gasteiger partial charge in [-0.3, -0.25) is 14.2 Å². The molecular formula is C42H71N4O7P. The molecule has 11 nitrogen and oxygen atoms in total. The number of carbonyl (C=O) groups is 2. The van der Waals surface area contributed by atoms with Gasteiger partial charge in [0, 0.05) is 0 Å². The lowest BCUT2D eigenvalue weighted by molar-refractivity contribution is -0.160. The number of hydrogen-bond donors (Lipinski definition) is 5. The van der Waals surface area contributed by atoms with Crippen molar-refractivity contribution in [2.24, 2.45) is 17.4 Å². The van der Waals surface area contributed by atoms with Gasteiger partial charge >= 0.3 is 11.9 Å². The Morgan fingerprint density at radius 1 is 1.06 bits per heavy atom. The van der Waals surface area contributed by atoms with Crippen LogP contribution in [0.3, 0.4) is 0 Å². The van der Waals surface area contributed by atoms with Gasteiger partial charge in [0.05, 0.1) is 6.10 Å². The number of aromatic hydroxyl groups is 1. The van der Waals surface area contributed by atoms with Crippen LogP contribution in [0.25, 0.3) is 0 Å². The first-order chi connectivity index (χ1) is 25.4. The molecule has 0 aliphatic carbocycles. The lowest BCUT2D eigenvalue weighted by Crippen LogP contribution is -2.50. The number of carbonyl (C=O) groups excluding carboxylic acids is 2. The van der Waals surface area contributed by atoms with Crippen molar-refractivity contribution in [1.82, 2.24) is 10.2 Å². The zero-order valence-corrected chi connectivity index (χ0v) is 35.8. The Labute approximate surface area is 325 Å². The summed E-state index contributed by atoms with van der Waals surface area (Å²) >= 11 is 0. The molecule has 1 aliphatic rings. The second-order valence-corrected chi connectivity index (χ2v) is 17.1. The third-order valence-corrected chi connectivity index (χ3v) is 10.8. The van der Waals surface area contributed by atoms with E-state index in [0.717, 1.165) is 27.8 Å². The number of benzene rings is 2. The third-order valence-electron chi connectivity index (χ3n) is 8.82. The molecule has 0 amide bonds. The molecule has 3 rings (SSSR count). The molecule has 0 bridgehead atoms. The maximum atomic E-state index is 14.7. The van der Waals surface area contributed by atoms with E-state index in [1.807, 2.05) is 72.7 Å². The standard InChI is InChI=1S/C36H57N4O7P.C4H8.C2H6/c1-22(2)30-18-27(11-12-34(30)41)19-31-24(5)16-29(17-25(31)6)45-21-48(44,39-32(10-8-9-14-37)35(42)46-23(3)4)40-33-20-28(13-15-38)26(7)47-36(33)43;1-4(2)3;1-2/h11-12,16-18,22-23,26,28,32-33,41H,8-10,13-15,19-21,37-38H2,1-7H3,(H2,39,40,44);1H2,2-3H3;1-2H3. The van der Waals surface area contributed by atoms with Gasteiger partial charge in [-0.15, -0.1) is 6.58 Å². The van der Waals surface area contributed by atoms with Crippen molar-refractivity contribution >= 4 is 19.4 Å². The van der Waals surface area contributed by atoms with Crippen LogP contribution >= 0.6 is 7.44 Å². The molecule has 1 heterocycles. The summed E-state index contributed by atoms with van der Waals surface area (Å²) in [5.74, 6) is -0.0458. The number of aryl methyl sites for hydroxylation is 2. The van der Waals surface area contributed by atoms with Crippen molar-refractivity contribution in [2.75, 3.05) is 19.4 Å². The Morgan fingerprint density at radius 3 is 2.20 bits per heavy atom. The molecule has 2 aromatic rings. The molecule has 1 fully saturated rings. The van der Waals surface area contributed by atoms with Gasteiger partial charge < -0.3 is 30.8 Å². The van der Waals surface area contributed by atoms with Crippen LogP contribution in [-0.2, 0) is 30.0 Å². The molecule has 1 aliphatic heterocycles. The molecular weight excluding hydrogens is 703 g/mol.